The average molecular weight is 289 g/mol. The zero-order chi connectivity index (χ0) is 15.6. The van der Waals surface area contributed by atoms with Crippen LogP contribution in [-0.2, 0) is 4.79 Å². The molecule has 1 aliphatic rings. The molecule has 1 saturated heterocycles. The minimum Gasteiger partial charge on any atom is -0.320 e. The van der Waals surface area contributed by atoms with E-state index >= 15 is 0 Å². The lowest BCUT2D eigenvalue weighted by molar-refractivity contribution is -0.130. The first kappa shape index (κ1) is 16.0. The molecule has 0 spiro atoms. The van der Waals surface area contributed by atoms with Gasteiger partial charge in [0.2, 0.25) is 5.91 Å². The Labute approximate surface area is 128 Å². The maximum atomic E-state index is 12.6. The van der Waals surface area contributed by atoms with E-state index in [-0.39, 0.29) is 18.1 Å². The van der Waals surface area contributed by atoms with E-state index in [4.69, 9.17) is 0 Å². The Morgan fingerprint density at radius 1 is 1.29 bits per heavy atom. The molecule has 21 heavy (non-hydrogen) atoms. The number of aryl methyl sites for hydroxylation is 2. The minimum atomic E-state index is -0.0583. The van der Waals surface area contributed by atoms with Crippen molar-refractivity contribution in [1.82, 2.24) is 15.1 Å². The van der Waals surface area contributed by atoms with Crippen molar-refractivity contribution in [1.29, 1.82) is 0 Å². The first-order valence-corrected chi connectivity index (χ1v) is 7.72. The van der Waals surface area contributed by atoms with Gasteiger partial charge in [-0.2, -0.15) is 0 Å². The minimum absolute atomic E-state index is 0.00213. The predicted octanol–water partition coefficient (Wildman–Crippen LogP) is 2.07. The Morgan fingerprint density at radius 3 is 2.62 bits per heavy atom. The van der Waals surface area contributed by atoms with E-state index in [9.17, 15) is 4.79 Å². The molecule has 1 fully saturated rings. The van der Waals surface area contributed by atoms with Crippen LogP contribution in [0.15, 0.2) is 18.2 Å². The summed E-state index contributed by atoms with van der Waals surface area (Å²) in [5.74, 6) is 0.227. The lowest BCUT2D eigenvalue weighted by Gasteiger charge is -2.27. The number of benzene rings is 1. The number of hydrogen-bond acceptors (Lipinski definition) is 3. The van der Waals surface area contributed by atoms with E-state index in [1.165, 1.54) is 16.7 Å². The standard InChI is InChI=1S/C17H27N3O/c1-6-15-17(21)20(10-9-19(4)5)16(18-15)14-11-12(2)7-8-13(14)3/h7-8,11,15-16,18H,6,9-10H2,1-5H3. The highest BCUT2D eigenvalue weighted by Crippen LogP contribution is 2.29. The van der Waals surface area contributed by atoms with Gasteiger partial charge in [0.15, 0.2) is 0 Å². The Bertz CT molecular complexity index is 513. The molecule has 1 N–H and O–H groups in total. The van der Waals surface area contributed by atoms with Gasteiger partial charge in [-0.15, -0.1) is 0 Å². The van der Waals surface area contributed by atoms with Gasteiger partial charge in [0.1, 0.15) is 6.17 Å². The van der Waals surface area contributed by atoms with Crippen LogP contribution >= 0.6 is 0 Å². The quantitative estimate of drug-likeness (QED) is 0.901. The van der Waals surface area contributed by atoms with Crippen LogP contribution in [0.3, 0.4) is 0 Å². The molecule has 1 aromatic carbocycles. The van der Waals surface area contributed by atoms with Gasteiger partial charge >= 0.3 is 0 Å². The van der Waals surface area contributed by atoms with Crippen molar-refractivity contribution in [3.05, 3.63) is 34.9 Å². The van der Waals surface area contributed by atoms with Crippen molar-refractivity contribution in [3.8, 4) is 0 Å². The van der Waals surface area contributed by atoms with Crippen LogP contribution in [0.1, 0.15) is 36.2 Å². The summed E-state index contributed by atoms with van der Waals surface area (Å²) in [6.45, 7) is 7.91. The van der Waals surface area contributed by atoms with Crippen LogP contribution in [0, 0.1) is 13.8 Å². The van der Waals surface area contributed by atoms with Crippen LogP contribution < -0.4 is 5.32 Å². The molecular formula is C17H27N3O. The SMILES string of the molecule is CCC1NC(c2cc(C)ccc2C)N(CCN(C)C)C1=O. The van der Waals surface area contributed by atoms with E-state index in [0.29, 0.717) is 0 Å². The lowest BCUT2D eigenvalue weighted by Crippen LogP contribution is -2.36. The molecule has 0 aromatic heterocycles. The summed E-state index contributed by atoms with van der Waals surface area (Å²) in [6.07, 6.45) is 0.834. The zero-order valence-electron chi connectivity index (χ0n) is 13.8. The summed E-state index contributed by atoms with van der Waals surface area (Å²) in [5, 5.41) is 3.51. The molecular weight excluding hydrogens is 262 g/mol. The van der Waals surface area contributed by atoms with Crippen molar-refractivity contribution < 1.29 is 4.79 Å². The molecule has 4 nitrogen and oxygen atoms in total. The monoisotopic (exact) mass is 289 g/mol. The summed E-state index contributed by atoms with van der Waals surface area (Å²) < 4.78 is 0. The van der Waals surface area contributed by atoms with Crippen molar-refractivity contribution in [2.75, 3.05) is 27.2 Å². The van der Waals surface area contributed by atoms with Gasteiger partial charge in [-0.3, -0.25) is 10.1 Å². The highest BCUT2D eigenvalue weighted by Gasteiger charge is 2.38. The van der Waals surface area contributed by atoms with Crippen LogP contribution in [0.4, 0.5) is 0 Å². The predicted molar refractivity (Wildman–Crippen MR) is 86.1 cm³/mol. The fourth-order valence-corrected chi connectivity index (χ4v) is 2.83. The van der Waals surface area contributed by atoms with Crippen molar-refractivity contribution in [3.63, 3.8) is 0 Å². The molecule has 4 heteroatoms. The second-order valence-corrected chi connectivity index (χ2v) is 6.22. The number of amides is 1. The molecule has 2 atom stereocenters. The van der Waals surface area contributed by atoms with Gasteiger partial charge in [-0.25, -0.2) is 0 Å². The normalized spacial score (nSPS) is 22.4. The molecule has 2 unspecified atom stereocenters. The number of rotatable bonds is 5. The van der Waals surface area contributed by atoms with E-state index in [1.54, 1.807) is 0 Å². The third-order valence-electron chi connectivity index (χ3n) is 4.18. The molecule has 116 valence electrons. The lowest BCUT2D eigenvalue weighted by atomic mass is 10.0. The Balaban J connectivity index is 2.29. The smallest absolute Gasteiger partial charge is 0.241 e. The van der Waals surface area contributed by atoms with Gasteiger partial charge in [-0.05, 0) is 45.5 Å². The second-order valence-electron chi connectivity index (χ2n) is 6.22. The Morgan fingerprint density at radius 2 is 2.00 bits per heavy atom. The highest BCUT2D eigenvalue weighted by atomic mass is 16.2. The third-order valence-corrected chi connectivity index (χ3v) is 4.18. The molecule has 0 bridgehead atoms. The highest BCUT2D eigenvalue weighted by molar-refractivity contribution is 5.84. The first-order chi connectivity index (χ1) is 9.93. The number of hydrogen-bond donors (Lipinski definition) is 1. The first-order valence-electron chi connectivity index (χ1n) is 7.72. The van der Waals surface area contributed by atoms with E-state index in [2.05, 4.69) is 49.2 Å². The summed E-state index contributed by atoms with van der Waals surface area (Å²) >= 11 is 0. The molecule has 2 rings (SSSR count). The third kappa shape index (κ3) is 3.44. The number of carbonyl (C=O) groups excluding carboxylic acids is 1. The number of nitrogens with zero attached hydrogens (tertiary/aromatic N) is 2. The second kappa shape index (κ2) is 6.58. The van der Waals surface area contributed by atoms with Gasteiger partial charge in [0.25, 0.3) is 0 Å². The zero-order valence-corrected chi connectivity index (χ0v) is 13.8. The Kier molecular flexibility index (Phi) is 5.01. The van der Waals surface area contributed by atoms with Gasteiger partial charge in [0, 0.05) is 13.1 Å². The molecule has 1 amide bonds. The fourth-order valence-electron chi connectivity index (χ4n) is 2.83. The van der Waals surface area contributed by atoms with Crippen molar-refractivity contribution in [2.45, 2.75) is 39.4 Å². The van der Waals surface area contributed by atoms with Gasteiger partial charge < -0.3 is 9.80 Å². The summed E-state index contributed by atoms with van der Waals surface area (Å²) in [7, 11) is 4.08. The molecule has 0 aliphatic carbocycles. The number of carbonyl (C=O) groups is 1. The Hall–Kier alpha value is -1.39. The molecule has 1 heterocycles. The topological polar surface area (TPSA) is 35.6 Å². The van der Waals surface area contributed by atoms with Crippen LogP contribution in [0.2, 0.25) is 0 Å². The average Bonchev–Trinajstić information content (AvgIpc) is 2.75. The van der Waals surface area contributed by atoms with Crippen LogP contribution in [0.25, 0.3) is 0 Å². The van der Waals surface area contributed by atoms with Crippen LogP contribution in [0.5, 0.6) is 0 Å². The van der Waals surface area contributed by atoms with Crippen LogP contribution in [-0.4, -0.2) is 48.9 Å². The largest absolute Gasteiger partial charge is 0.320 e. The summed E-state index contributed by atoms with van der Waals surface area (Å²) in [6, 6.07) is 6.40. The number of nitrogens with one attached hydrogen (secondary N) is 1. The fraction of sp³-hybridized carbons (Fsp3) is 0.588. The van der Waals surface area contributed by atoms with Crippen molar-refractivity contribution >= 4 is 5.91 Å². The molecule has 0 radical (unpaired) electrons. The molecule has 0 saturated carbocycles. The van der Waals surface area contributed by atoms with Gasteiger partial charge in [0.05, 0.1) is 6.04 Å². The molecule has 1 aliphatic heterocycles. The van der Waals surface area contributed by atoms with Crippen molar-refractivity contribution in [2.24, 2.45) is 0 Å². The summed E-state index contributed by atoms with van der Waals surface area (Å²) in [4.78, 5) is 16.7. The van der Waals surface area contributed by atoms with E-state index in [1.807, 2.05) is 19.0 Å². The summed E-state index contributed by atoms with van der Waals surface area (Å²) in [5.41, 5.74) is 3.69. The van der Waals surface area contributed by atoms with E-state index < -0.39 is 0 Å². The van der Waals surface area contributed by atoms with Gasteiger partial charge in [-0.1, -0.05) is 30.7 Å². The maximum Gasteiger partial charge on any atom is 0.241 e. The molecule has 1 aromatic rings. The van der Waals surface area contributed by atoms with E-state index in [0.717, 1.165) is 19.5 Å². The maximum absolute atomic E-state index is 12.6. The number of likely N-dealkylation sites (N-methyl/N-ethyl adjacent to an activating group) is 1.